The maximum atomic E-state index is 11.3. The first kappa shape index (κ1) is 15.3. The van der Waals surface area contributed by atoms with E-state index in [0.29, 0.717) is 5.75 Å². The van der Waals surface area contributed by atoms with Crippen LogP contribution in [0.15, 0.2) is 35.6 Å². The Morgan fingerprint density at radius 2 is 2.23 bits per heavy atom. The third-order valence-corrected chi connectivity index (χ3v) is 2.62. The molecule has 0 aliphatic carbocycles. The number of benzene rings is 1. The molecule has 0 bridgehead atoms. The second-order valence-corrected chi connectivity index (χ2v) is 4.21. The number of methoxy groups -OCH3 is 1. The standard InChI is InChI=1S/C13H16N6O3/c1-9(20)22-19(12(14)17-13-15-8-16-18-13)7-10-5-3-4-6-11(10)21-2/h3-6,8H,7H2,1-2H3,(H3,14,15,16,17,18). The lowest BCUT2D eigenvalue weighted by Gasteiger charge is -2.21. The van der Waals surface area contributed by atoms with Crippen LogP contribution >= 0.6 is 0 Å². The van der Waals surface area contributed by atoms with Crippen molar-refractivity contribution >= 4 is 17.9 Å². The van der Waals surface area contributed by atoms with Crippen molar-refractivity contribution in [2.75, 3.05) is 7.11 Å². The zero-order chi connectivity index (χ0) is 15.9. The van der Waals surface area contributed by atoms with Crippen LogP contribution in [0.2, 0.25) is 0 Å². The van der Waals surface area contributed by atoms with Crippen molar-refractivity contribution in [3.05, 3.63) is 36.2 Å². The number of aliphatic imine (C=N–C) groups is 1. The van der Waals surface area contributed by atoms with E-state index in [4.69, 9.17) is 15.3 Å². The Kier molecular flexibility index (Phi) is 4.91. The first-order valence-corrected chi connectivity index (χ1v) is 6.37. The van der Waals surface area contributed by atoms with Crippen molar-refractivity contribution in [1.82, 2.24) is 20.2 Å². The van der Waals surface area contributed by atoms with Crippen LogP contribution in [0.4, 0.5) is 5.95 Å². The Hall–Kier alpha value is -3.10. The maximum absolute atomic E-state index is 11.3. The Bertz CT molecular complexity index is 656. The molecular formula is C13H16N6O3. The zero-order valence-corrected chi connectivity index (χ0v) is 12.2. The lowest BCUT2D eigenvalue weighted by molar-refractivity contribution is -0.172. The summed E-state index contributed by atoms with van der Waals surface area (Å²) >= 11 is 0. The predicted octanol–water partition coefficient (Wildman–Crippen LogP) is 0.740. The molecule has 0 saturated heterocycles. The van der Waals surface area contributed by atoms with E-state index in [-0.39, 0.29) is 18.5 Å². The van der Waals surface area contributed by atoms with Crippen molar-refractivity contribution in [3.8, 4) is 5.75 Å². The number of carbonyl (C=O) groups is 1. The molecule has 9 nitrogen and oxygen atoms in total. The Balaban J connectivity index is 2.24. The van der Waals surface area contributed by atoms with Gasteiger partial charge in [-0.25, -0.2) is 5.10 Å². The molecule has 0 radical (unpaired) electrons. The molecule has 9 heteroatoms. The van der Waals surface area contributed by atoms with Gasteiger partial charge in [0.25, 0.3) is 0 Å². The van der Waals surface area contributed by atoms with Crippen LogP contribution in [0.5, 0.6) is 5.75 Å². The van der Waals surface area contributed by atoms with Crippen molar-refractivity contribution in [3.63, 3.8) is 0 Å². The van der Waals surface area contributed by atoms with Crippen molar-refractivity contribution < 1.29 is 14.4 Å². The van der Waals surface area contributed by atoms with Gasteiger partial charge in [-0.15, -0.1) is 0 Å². The molecule has 1 heterocycles. The minimum Gasteiger partial charge on any atom is -0.496 e. The van der Waals surface area contributed by atoms with Gasteiger partial charge in [-0.3, -0.25) is 4.79 Å². The molecule has 0 aliphatic rings. The SMILES string of the molecule is COc1ccccc1CN(OC(C)=O)/C(N)=N/c1ncn[nH]1. The van der Waals surface area contributed by atoms with E-state index in [0.717, 1.165) is 10.6 Å². The van der Waals surface area contributed by atoms with E-state index >= 15 is 0 Å². The fourth-order valence-corrected chi connectivity index (χ4v) is 1.72. The van der Waals surface area contributed by atoms with Crippen LogP contribution < -0.4 is 10.5 Å². The molecule has 2 rings (SSSR count). The molecule has 0 spiro atoms. The smallest absolute Gasteiger partial charge is 0.329 e. The minimum absolute atomic E-state index is 0.0437. The molecule has 0 fully saturated rings. The lowest BCUT2D eigenvalue weighted by Crippen LogP contribution is -2.38. The molecule has 22 heavy (non-hydrogen) atoms. The van der Waals surface area contributed by atoms with Gasteiger partial charge in [0.05, 0.1) is 13.7 Å². The lowest BCUT2D eigenvalue weighted by atomic mass is 10.2. The quantitative estimate of drug-likeness (QED) is 0.485. The highest BCUT2D eigenvalue weighted by Gasteiger charge is 2.16. The van der Waals surface area contributed by atoms with Crippen LogP contribution in [0.25, 0.3) is 0 Å². The maximum Gasteiger partial charge on any atom is 0.329 e. The second-order valence-electron chi connectivity index (χ2n) is 4.21. The van der Waals surface area contributed by atoms with Gasteiger partial charge in [-0.2, -0.15) is 20.1 Å². The summed E-state index contributed by atoms with van der Waals surface area (Å²) in [7, 11) is 1.56. The molecule has 0 saturated carbocycles. The number of rotatable bonds is 4. The number of hydrogen-bond donors (Lipinski definition) is 2. The van der Waals surface area contributed by atoms with E-state index in [1.165, 1.54) is 13.3 Å². The van der Waals surface area contributed by atoms with Crippen LogP contribution in [0.3, 0.4) is 0 Å². The van der Waals surface area contributed by atoms with Crippen LogP contribution in [0, 0.1) is 0 Å². The first-order valence-electron chi connectivity index (χ1n) is 6.37. The van der Waals surface area contributed by atoms with Gasteiger partial charge in [0.2, 0.25) is 11.9 Å². The summed E-state index contributed by atoms with van der Waals surface area (Å²) in [5.74, 6) is 0.283. The number of nitrogens with one attached hydrogen (secondary N) is 1. The predicted molar refractivity (Wildman–Crippen MR) is 78.0 cm³/mol. The van der Waals surface area contributed by atoms with Crippen molar-refractivity contribution in [2.24, 2.45) is 10.7 Å². The molecule has 116 valence electrons. The van der Waals surface area contributed by atoms with Gasteiger partial charge in [0.1, 0.15) is 12.1 Å². The minimum atomic E-state index is -0.523. The van der Waals surface area contributed by atoms with Crippen molar-refractivity contribution in [2.45, 2.75) is 13.5 Å². The number of guanidine groups is 1. The summed E-state index contributed by atoms with van der Waals surface area (Å²) in [6.07, 6.45) is 1.29. The summed E-state index contributed by atoms with van der Waals surface area (Å²) in [5, 5.41) is 7.36. The Morgan fingerprint density at radius 1 is 1.45 bits per heavy atom. The number of nitrogens with two attached hydrogens (primary N) is 1. The van der Waals surface area contributed by atoms with Gasteiger partial charge < -0.3 is 15.3 Å². The summed E-state index contributed by atoms with van der Waals surface area (Å²) in [6, 6.07) is 7.31. The number of carbonyl (C=O) groups excluding carboxylic acids is 1. The molecule has 1 aromatic carbocycles. The molecular weight excluding hydrogens is 288 g/mol. The van der Waals surface area contributed by atoms with Gasteiger partial charge in [-0.05, 0) is 6.07 Å². The third kappa shape index (κ3) is 3.95. The van der Waals surface area contributed by atoms with Crippen LogP contribution in [-0.2, 0) is 16.2 Å². The van der Waals surface area contributed by atoms with E-state index in [1.54, 1.807) is 13.2 Å². The highest BCUT2D eigenvalue weighted by Crippen LogP contribution is 2.19. The van der Waals surface area contributed by atoms with Gasteiger partial charge >= 0.3 is 5.97 Å². The van der Waals surface area contributed by atoms with Crippen LogP contribution in [-0.4, -0.2) is 39.3 Å². The van der Waals surface area contributed by atoms with E-state index in [1.807, 2.05) is 18.2 Å². The summed E-state index contributed by atoms with van der Waals surface area (Å²) in [4.78, 5) is 24.2. The van der Waals surface area contributed by atoms with Crippen LogP contribution in [0.1, 0.15) is 12.5 Å². The third-order valence-electron chi connectivity index (χ3n) is 2.62. The Labute approximate surface area is 126 Å². The molecule has 2 aromatic rings. The number of hydroxylamine groups is 2. The Morgan fingerprint density at radius 3 is 2.86 bits per heavy atom. The van der Waals surface area contributed by atoms with Gasteiger partial charge in [-0.1, -0.05) is 18.2 Å². The highest BCUT2D eigenvalue weighted by atomic mass is 16.7. The summed E-state index contributed by atoms with van der Waals surface area (Å²) in [5.41, 5.74) is 6.65. The second kappa shape index (κ2) is 7.07. The van der Waals surface area contributed by atoms with Gasteiger partial charge in [0.15, 0.2) is 0 Å². The molecule has 0 atom stereocenters. The number of aromatic amines is 1. The first-order chi connectivity index (χ1) is 10.6. The number of ether oxygens (including phenoxy) is 1. The number of nitrogens with zero attached hydrogens (tertiary/aromatic N) is 4. The average molecular weight is 304 g/mol. The normalized spacial score (nSPS) is 11.1. The number of hydrogen-bond acceptors (Lipinski definition) is 6. The van der Waals surface area contributed by atoms with E-state index in [9.17, 15) is 4.79 Å². The molecule has 3 N–H and O–H groups in total. The number of H-pyrrole nitrogens is 1. The summed E-state index contributed by atoms with van der Waals surface area (Å²) in [6.45, 7) is 1.45. The molecule has 0 aliphatic heterocycles. The van der Waals surface area contributed by atoms with E-state index < -0.39 is 5.97 Å². The largest absolute Gasteiger partial charge is 0.496 e. The topological polar surface area (TPSA) is 119 Å². The summed E-state index contributed by atoms with van der Waals surface area (Å²) < 4.78 is 5.26. The molecule has 0 unspecified atom stereocenters. The average Bonchev–Trinajstić information content (AvgIpc) is 2.99. The molecule has 1 aromatic heterocycles. The van der Waals surface area contributed by atoms with Gasteiger partial charge in [0, 0.05) is 12.5 Å². The number of para-hydroxylation sites is 1. The fourth-order valence-electron chi connectivity index (χ4n) is 1.72. The van der Waals surface area contributed by atoms with Crippen molar-refractivity contribution in [1.29, 1.82) is 0 Å². The highest BCUT2D eigenvalue weighted by molar-refractivity contribution is 5.80. The van der Waals surface area contributed by atoms with E-state index in [2.05, 4.69) is 20.2 Å². The monoisotopic (exact) mass is 304 g/mol. The molecule has 0 amide bonds. The fraction of sp³-hybridized carbons (Fsp3) is 0.231. The zero-order valence-electron chi connectivity index (χ0n) is 12.2. The number of aromatic nitrogens is 3.